The van der Waals surface area contributed by atoms with Gasteiger partial charge in [0.05, 0.1) is 12.5 Å². The second-order valence-electron chi connectivity index (χ2n) is 8.26. The fourth-order valence-electron chi connectivity index (χ4n) is 4.48. The van der Waals surface area contributed by atoms with E-state index >= 15 is 0 Å². The van der Waals surface area contributed by atoms with Crippen LogP contribution in [0.1, 0.15) is 40.5 Å². The topological polar surface area (TPSA) is 72.5 Å². The predicted molar refractivity (Wildman–Crippen MR) is 124 cm³/mol. The van der Waals surface area contributed by atoms with Crippen molar-refractivity contribution in [3.63, 3.8) is 0 Å². The molecule has 0 spiro atoms. The molecule has 1 aromatic rings. The molecule has 1 aliphatic heterocycles. The molecule has 1 saturated carbocycles. The van der Waals surface area contributed by atoms with Gasteiger partial charge in [0.25, 0.3) is 0 Å². The van der Waals surface area contributed by atoms with Crippen molar-refractivity contribution in [3.05, 3.63) is 41.4 Å². The second kappa shape index (κ2) is 12.7. The van der Waals surface area contributed by atoms with Gasteiger partial charge in [-0.15, -0.1) is 0 Å². The third kappa shape index (κ3) is 7.69. The summed E-state index contributed by atoms with van der Waals surface area (Å²) in [5.74, 6) is 0.591. The minimum atomic E-state index is -0.398. The molecule has 0 bridgehead atoms. The summed E-state index contributed by atoms with van der Waals surface area (Å²) in [6.07, 6.45) is 3.75. The van der Waals surface area contributed by atoms with Crippen LogP contribution in [0.15, 0.2) is 36.4 Å². The van der Waals surface area contributed by atoms with Crippen molar-refractivity contribution >= 4 is 17.6 Å². The van der Waals surface area contributed by atoms with E-state index in [-0.39, 0.29) is 49.0 Å². The van der Waals surface area contributed by atoms with Crippen molar-refractivity contribution in [2.24, 2.45) is 11.8 Å². The lowest BCUT2D eigenvalue weighted by atomic mass is 9.91. The number of carbonyl (C=O) groups excluding carboxylic acids is 1. The first-order chi connectivity index (χ1) is 15.9. The van der Waals surface area contributed by atoms with Gasteiger partial charge in [0, 0.05) is 36.5 Å². The number of hydrogen-bond acceptors (Lipinski definition) is 7. The Bertz CT molecular complexity index is 786. The molecule has 1 heterocycles. The molecule has 33 heavy (non-hydrogen) atoms. The van der Waals surface area contributed by atoms with E-state index in [1.165, 1.54) is 0 Å². The summed E-state index contributed by atoms with van der Waals surface area (Å²) in [5, 5.41) is 0.606. The smallest absolute Gasteiger partial charge is 0.306 e. The Morgan fingerprint density at radius 2 is 1.94 bits per heavy atom. The fourth-order valence-corrected chi connectivity index (χ4v) is 4.66. The van der Waals surface area contributed by atoms with Crippen molar-refractivity contribution < 1.29 is 33.2 Å². The predicted octanol–water partition coefficient (Wildman–Crippen LogP) is 4.76. The average molecular weight is 483 g/mol. The van der Waals surface area contributed by atoms with Gasteiger partial charge in [0.15, 0.2) is 12.6 Å². The van der Waals surface area contributed by atoms with Crippen LogP contribution in [0.2, 0.25) is 5.02 Å². The van der Waals surface area contributed by atoms with Gasteiger partial charge in [-0.1, -0.05) is 29.8 Å². The molecule has 2 fully saturated rings. The van der Waals surface area contributed by atoms with Gasteiger partial charge in [-0.2, -0.15) is 0 Å². The Hall–Kier alpha value is -1.64. The quantitative estimate of drug-likeness (QED) is 0.228. The molecule has 8 heteroatoms. The molecule has 2 aliphatic rings. The van der Waals surface area contributed by atoms with Crippen molar-refractivity contribution in [3.8, 4) is 5.75 Å². The molecule has 1 aliphatic carbocycles. The largest absolute Gasteiger partial charge is 0.490 e. The first kappa shape index (κ1) is 26.0. The first-order valence-corrected chi connectivity index (χ1v) is 12.1. The standard InChI is InChI=1S/C25H35ClO7/c1-5-28-16(3)31-20(15-30-19-9-7-8-18(26)12-19)10-11-21-22-13-25(27)33-24(22)14-23(21)32-17(4)29-6-2/h7-12,16-17,20-24H,5-6,13-15H2,1-4H3/b11-10+/t16?,17?,20-,21-,22-,23-,24+/m1/s1. The maximum absolute atomic E-state index is 11.9. The van der Waals surface area contributed by atoms with Crippen LogP contribution < -0.4 is 4.74 Å². The zero-order chi connectivity index (χ0) is 23.8. The molecule has 0 radical (unpaired) electrons. The normalized spacial score (nSPS) is 27.4. The van der Waals surface area contributed by atoms with Crippen LogP contribution >= 0.6 is 11.6 Å². The fraction of sp³-hybridized carbons (Fsp3) is 0.640. The van der Waals surface area contributed by atoms with E-state index in [2.05, 4.69) is 6.08 Å². The SMILES string of the molecule is CCOC(C)O[C@H](/C=C/[C@@H]1[C@H]2CC(=O)O[C@H]2C[C@H]1OC(C)OCC)COc1cccc(Cl)c1. The molecule has 7 atom stereocenters. The van der Waals surface area contributed by atoms with Gasteiger partial charge in [-0.05, 0) is 45.9 Å². The number of fused-ring (bicyclic) bond motifs is 1. The van der Waals surface area contributed by atoms with Crippen LogP contribution in [0.4, 0.5) is 0 Å². The highest BCUT2D eigenvalue weighted by Crippen LogP contribution is 2.44. The van der Waals surface area contributed by atoms with E-state index in [1.54, 1.807) is 12.1 Å². The third-order valence-electron chi connectivity index (χ3n) is 5.84. The van der Waals surface area contributed by atoms with Crippen LogP contribution in [-0.2, 0) is 28.5 Å². The van der Waals surface area contributed by atoms with Crippen molar-refractivity contribution in [1.29, 1.82) is 0 Å². The minimum Gasteiger partial charge on any atom is -0.490 e. The molecular formula is C25H35ClO7. The van der Waals surface area contributed by atoms with E-state index in [4.69, 9.17) is 40.0 Å². The van der Waals surface area contributed by atoms with Crippen LogP contribution in [0.25, 0.3) is 0 Å². The number of ether oxygens (including phenoxy) is 6. The Morgan fingerprint density at radius 1 is 1.18 bits per heavy atom. The average Bonchev–Trinajstić information content (AvgIpc) is 3.26. The molecule has 0 N–H and O–H groups in total. The monoisotopic (exact) mass is 482 g/mol. The van der Waals surface area contributed by atoms with Crippen LogP contribution in [-0.4, -0.2) is 56.7 Å². The molecule has 1 saturated heterocycles. The highest BCUT2D eigenvalue weighted by molar-refractivity contribution is 6.30. The summed E-state index contributed by atoms with van der Waals surface area (Å²) in [6.45, 7) is 9.00. The van der Waals surface area contributed by atoms with Gasteiger partial charge in [-0.25, -0.2) is 0 Å². The second-order valence-corrected chi connectivity index (χ2v) is 8.69. The molecule has 0 amide bonds. The highest BCUT2D eigenvalue weighted by atomic mass is 35.5. The number of esters is 1. The van der Waals surface area contributed by atoms with Gasteiger partial charge in [-0.3, -0.25) is 4.79 Å². The molecule has 2 unspecified atom stereocenters. The number of benzene rings is 1. The summed E-state index contributed by atoms with van der Waals surface area (Å²) < 4.78 is 34.8. The van der Waals surface area contributed by atoms with Crippen molar-refractivity contribution in [2.45, 2.75) is 71.4 Å². The number of hydrogen-bond donors (Lipinski definition) is 0. The van der Waals surface area contributed by atoms with E-state index < -0.39 is 6.29 Å². The summed E-state index contributed by atoms with van der Waals surface area (Å²) in [7, 11) is 0. The Morgan fingerprint density at radius 3 is 2.67 bits per heavy atom. The lowest BCUT2D eigenvalue weighted by Crippen LogP contribution is -2.29. The summed E-state index contributed by atoms with van der Waals surface area (Å²) in [4.78, 5) is 11.9. The zero-order valence-electron chi connectivity index (χ0n) is 19.8. The number of halogens is 1. The first-order valence-electron chi connectivity index (χ1n) is 11.7. The lowest BCUT2D eigenvalue weighted by molar-refractivity contribution is -0.166. The zero-order valence-corrected chi connectivity index (χ0v) is 20.5. The summed E-state index contributed by atoms with van der Waals surface area (Å²) in [6, 6.07) is 7.24. The van der Waals surface area contributed by atoms with E-state index in [9.17, 15) is 4.79 Å². The molecule has 1 aromatic carbocycles. The molecule has 7 nitrogen and oxygen atoms in total. The van der Waals surface area contributed by atoms with E-state index in [0.717, 1.165) is 0 Å². The van der Waals surface area contributed by atoms with Gasteiger partial charge in [0.2, 0.25) is 0 Å². The number of rotatable bonds is 13. The lowest BCUT2D eigenvalue weighted by Gasteiger charge is -2.25. The minimum absolute atomic E-state index is 0.00373. The van der Waals surface area contributed by atoms with Crippen molar-refractivity contribution in [1.82, 2.24) is 0 Å². The highest BCUT2D eigenvalue weighted by Gasteiger charge is 2.50. The van der Waals surface area contributed by atoms with Crippen LogP contribution in [0, 0.1) is 11.8 Å². The van der Waals surface area contributed by atoms with E-state index in [0.29, 0.717) is 36.8 Å². The summed E-state index contributed by atoms with van der Waals surface area (Å²) >= 11 is 6.07. The Balaban J connectivity index is 1.71. The molecule has 0 aromatic heterocycles. The Labute approximate surface area is 201 Å². The van der Waals surface area contributed by atoms with Gasteiger partial charge >= 0.3 is 5.97 Å². The molecular weight excluding hydrogens is 448 g/mol. The van der Waals surface area contributed by atoms with Crippen LogP contribution in [0.3, 0.4) is 0 Å². The molecule has 3 rings (SSSR count). The maximum atomic E-state index is 11.9. The van der Waals surface area contributed by atoms with Crippen molar-refractivity contribution in [2.75, 3.05) is 19.8 Å². The van der Waals surface area contributed by atoms with Crippen LogP contribution in [0.5, 0.6) is 5.75 Å². The van der Waals surface area contributed by atoms with Gasteiger partial charge in [0.1, 0.15) is 24.6 Å². The number of carbonyl (C=O) groups is 1. The van der Waals surface area contributed by atoms with Gasteiger partial charge < -0.3 is 28.4 Å². The maximum Gasteiger partial charge on any atom is 0.306 e. The van der Waals surface area contributed by atoms with E-state index in [1.807, 2.05) is 45.9 Å². The molecule has 184 valence electrons. The summed E-state index contributed by atoms with van der Waals surface area (Å²) in [5.41, 5.74) is 0. The third-order valence-corrected chi connectivity index (χ3v) is 6.08. The Kier molecular flexibility index (Phi) is 10.0.